The van der Waals surface area contributed by atoms with Crippen LogP contribution in [0.2, 0.25) is 0 Å². The molecule has 0 atom stereocenters. The van der Waals surface area contributed by atoms with E-state index in [1.807, 2.05) is 30.3 Å². The summed E-state index contributed by atoms with van der Waals surface area (Å²) in [7, 11) is 0. The quantitative estimate of drug-likeness (QED) is 0.561. The molecule has 0 unspecified atom stereocenters. The summed E-state index contributed by atoms with van der Waals surface area (Å²) in [5.74, 6) is 0. The van der Waals surface area contributed by atoms with Gasteiger partial charge in [-0.25, -0.2) is 4.98 Å². The molecule has 0 saturated carbocycles. The van der Waals surface area contributed by atoms with Gasteiger partial charge in [0.05, 0.1) is 34.6 Å². The van der Waals surface area contributed by atoms with Gasteiger partial charge in [-0.3, -0.25) is 15.1 Å². The third-order valence-electron chi connectivity index (χ3n) is 3.03. The van der Waals surface area contributed by atoms with E-state index in [0.717, 1.165) is 33.3 Å². The fraction of sp³-hybridized carbons (Fsp3) is 0. The largest absolute Gasteiger partial charge is 0.278 e. The lowest BCUT2D eigenvalue weighted by Crippen LogP contribution is -1.90. The van der Waals surface area contributed by atoms with E-state index in [1.54, 1.807) is 18.6 Å². The maximum atomic E-state index is 4.60. The molecule has 5 nitrogen and oxygen atoms in total. The molecule has 1 aromatic carbocycles. The number of aromatic amines is 1. The smallest absolute Gasteiger partial charge is 0.108 e. The van der Waals surface area contributed by atoms with Crippen molar-refractivity contribution in [1.29, 1.82) is 0 Å². The molecule has 0 radical (unpaired) electrons. The molecule has 1 N–H and O–H groups in total. The first-order valence-electron chi connectivity index (χ1n) is 5.91. The van der Waals surface area contributed by atoms with Gasteiger partial charge in [0, 0.05) is 11.6 Å². The molecule has 0 fully saturated rings. The number of H-pyrrole nitrogens is 1. The van der Waals surface area contributed by atoms with Gasteiger partial charge in [-0.2, -0.15) is 5.10 Å². The molecule has 90 valence electrons. The highest BCUT2D eigenvalue weighted by Crippen LogP contribution is 2.21. The van der Waals surface area contributed by atoms with Crippen LogP contribution in [0.25, 0.3) is 33.3 Å². The molecular formula is C14H9N5. The average Bonchev–Trinajstić information content (AvgIpc) is 2.92. The molecule has 3 heterocycles. The van der Waals surface area contributed by atoms with Crippen LogP contribution in [0.4, 0.5) is 0 Å². The predicted molar refractivity (Wildman–Crippen MR) is 72.4 cm³/mol. The summed E-state index contributed by atoms with van der Waals surface area (Å²) in [6.07, 6.45) is 5.28. The van der Waals surface area contributed by atoms with E-state index >= 15 is 0 Å². The number of benzene rings is 1. The molecule has 4 aromatic rings. The van der Waals surface area contributed by atoms with Crippen LogP contribution in [0.5, 0.6) is 0 Å². The molecule has 4 rings (SSSR count). The second-order valence-electron chi connectivity index (χ2n) is 4.27. The van der Waals surface area contributed by atoms with Gasteiger partial charge in [-0.05, 0) is 24.3 Å². The lowest BCUT2D eigenvalue weighted by molar-refractivity contribution is 1.12. The fourth-order valence-corrected chi connectivity index (χ4v) is 2.09. The van der Waals surface area contributed by atoms with Crippen LogP contribution in [0, 0.1) is 0 Å². The first kappa shape index (κ1) is 10.1. The van der Waals surface area contributed by atoms with Crippen LogP contribution in [0.1, 0.15) is 0 Å². The van der Waals surface area contributed by atoms with Gasteiger partial charge >= 0.3 is 0 Å². The molecule has 0 amide bonds. The van der Waals surface area contributed by atoms with Gasteiger partial charge in [0.15, 0.2) is 0 Å². The van der Waals surface area contributed by atoms with E-state index in [1.165, 1.54) is 0 Å². The maximum Gasteiger partial charge on any atom is 0.108 e. The number of aromatic nitrogens is 5. The second-order valence-corrected chi connectivity index (χ2v) is 4.27. The molecule has 0 aliphatic rings. The highest BCUT2D eigenvalue weighted by atomic mass is 15.1. The van der Waals surface area contributed by atoms with E-state index in [0.29, 0.717) is 0 Å². The third-order valence-corrected chi connectivity index (χ3v) is 3.03. The lowest BCUT2D eigenvalue weighted by atomic mass is 10.2. The molecule has 0 saturated heterocycles. The summed E-state index contributed by atoms with van der Waals surface area (Å²) >= 11 is 0. The van der Waals surface area contributed by atoms with E-state index in [2.05, 4.69) is 25.1 Å². The maximum absolute atomic E-state index is 4.60. The van der Waals surface area contributed by atoms with E-state index in [-0.39, 0.29) is 0 Å². The van der Waals surface area contributed by atoms with E-state index < -0.39 is 0 Å². The van der Waals surface area contributed by atoms with E-state index in [9.17, 15) is 0 Å². The van der Waals surface area contributed by atoms with Gasteiger partial charge in [-0.1, -0.05) is 6.07 Å². The Morgan fingerprint density at radius 2 is 1.89 bits per heavy atom. The SMILES string of the molecule is c1ccc(-c2cnc3cc4cn[nH]c4cc3n2)nc1. The van der Waals surface area contributed by atoms with Crippen molar-refractivity contribution < 1.29 is 0 Å². The summed E-state index contributed by atoms with van der Waals surface area (Å²) in [6, 6.07) is 9.67. The molecule has 0 aliphatic carbocycles. The topological polar surface area (TPSA) is 67.3 Å². The van der Waals surface area contributed by atoms with Gasteiger partial charge in [0.2, 0.25) is 0 Å². The minimum Gasteiger partial charge on any atom is -0.278 e. The van der Waals surface area contributed by atoms with Gasteiger partial charge in [0.25, 0.3) is 0 Å². The van der Waals surface area contributed by atoms with Crippen molar-refractivity contribution in [3.05, 3.63) is 48.9 Å². The number of hydrogen-bond donors (Lipinski definition) is 1. The zero-order valence-corrected chi connectivity index (χ0v) is 9.91. The molecule has 0 aliphatic heterocycles. The summed E-state index contributed by atoms with van der Waals surface area (Å²) in [6.45, 7) is 0. The zero-order valence-electron chi connectivity index (χ0n) is 9.91. The standard InChI is InChI=1S/C14H9N5/c1-2-4-15-10(3-1)14-8-16-12-5-9-7-17-19-11(9)6-13(12)18-14/h1-8H,(H,17,19). The highest BCUT2D eigenvalue weighted by Gasteiger charge is 2.05. The Hall–Kier alpha value is -2.82. The normalized spacial score (nSPS) is 11.2. The average molecular weight is 247 g/mol. The third kappa shape index (κ3) is 1.63. The van der Waals surface area contributed by atoms with Crippen molar-refractivity contribution in [2.24, 2.45) is 0 Å². The molecule has 5 heteroatoms. The Bertz CT molecular complexity index is 867. The first-order chi connectivity index (χ1) is 9.40. The molecule has 0 spiro atoms. The van der Waals surface area contributed by atoms with E-state index in [4.69, 9.17) is 0 Å². The Labute approximate surface area is 108 Å². The van der Waals surface area contributed by atoms with Crippen molar-refractivity contribution in [3.8, 4) is 11.4 Å². The Morgan fingerprint density at radius 1 is 0.895 bits per heavy atom. The number of pyridine rings is 1. The monoisotopic (exact) mass is 247 g/mol. The van der Waals surface area contributed by atoms with Gasteiger partial charge in [0.1, 0.15) is 5.69 Å². The molecule has 19 heavy (non-hydrogen) atoms. The summed E-state index contributed by atoms with van der Waals surface area (Å²) in [5, 5.41) is 7.98. The van der Waals surface area contributed by atoms with Gasteiger partial charge < -0.3 is 0 Å². The van der Waals surface area contributed by atoms with Crippen molar-refractivity contribution in [1.82, 2.24) is 25.1 Å². The Morgan fingerprint density at radius 3 is 2.79 bits per heavy atom. The number of hydrogen-bond acceptors (Lipinski definition) is 4. The van der Waals surface area contributed by atoms with Crippen LogP contribution in [0.3, 0.4) is 0 Å². The van der Waals surface area contributed by atoms with Crippen molar-refractivity contribution in [3.63, 3.8) is 0 Å². The van der Waals surface area contributed by atoms with Crippen LogP contribution in [0.15, 0.2) is 48.9 Å². The summed E-state index contributed by atoms with van der Waals surface area (Å²) < 4.78 is 0. The van der Waals surface area contributed by atoms with Gasteiger partial charge in [-0.15, -0.1) is 0 Å². The second kappa shape index (κ2) is 3.84. The highest BCUT2D eigenvalue weighted by molar-refractivity contribution is 5.92. The zero-order chi connectivity index (χ0) is 12.7. The lowest BCUT2D eigenvalue weighted by Gasteiger charge is -2.01. The number of fused-ring (bicyclic) bond motifs is 2. The number of nitrogens with one attached hydrogen (secondary N) is 1. The number of nitrogens with zero attached hydrogens (tertiary/aromatic N) is 4. The van der Waals surface area contributed by atoms with Crippen LogP contribution in [-0.4, -0.2) is 25.1 Å². The molecular weight excluding hydrogens is 238 g/mol. The van der Waals surface area contributed by atoms with Crippen molar-refractivity contribution >= 4 is 21.9 Å². The van der Waals surface area contributed by atoms with Crippen LogP contribution in [-0.2, 0) is 0 Å². The first-order valence-corrected chi connectivity index (χ1v) is 5.91. The minimum absolute atomic E-state index is 0.770. The summed E-state index contributed by atoms with van der Waals surface area (Å²) in [5.41, 5.74) is 4.24. The fourth-order valence-electron chi connectivity index (χ4n) is 2.09. The Balaban J connectivity index is 1.97. The van der Waals surface area contributed by atoms with Crippen LogP contribution >= 0.6 is 0 Å². The van der Waals surface area contributed by atoms with Crippen molar-refractivity contribution in [2.75, 3.05) is 0 Å². The molecule has 3 aromatic heterocycles. The minimum atomic E-state index is 0.770. The van der Waals surface area contributed by atoms with Crippen LogP contribution < -0.4 is 0 Å². The predicted octanol–water partition coefficient (Wildman–Crippen LogP) is 2.57. The van der Waals surface area contributed by atoms with Crippen molar-refractivity contribution in [2.45, 2.75) is 0 Å². The summed E-state index contributed by atoms with van der Waals surface area (Å²) in [4.78, 5) is 13.3. The molecule has 0 bridgehead atoms. The number of rotatable bonds is 1. The Kier molecular flexibility index (Phi) is 2.05.